The van der Waals surface area contributed by atoms with Crippen molar-refractivity contribution in [1.29, 1.82) is 0 Å². The molecule has 1 amide bonds. The summed E-state index contributed by atoms with van der Waals surface area (Å²) in [6.07, 6.45) is 3.08. The summed E-state index contributed by atoms with van der Waals surface area (Å²) >= 11 is 0. The summed E-state index contributed by atoms with van der Waals surface area (Å²) in [6, 6.07) is 5.84. The molecule has 1 aromatic rings. The number of hydrogen-bond donors (Lipinski definition) is 2. The maximum Gasteiger partial charge on any atom is 0.337 e. The predicted molar refractivity (Wildman–Crippen MR) is 78.7 cm³/mol. The van der Waals surface area contributed by atoms with Crippen LogP contribution < -0.4 is 0 Å². The second kappa shape index (κ2) is 5.76. The molecular formula is C15H19FNO4P. The zero-order valence-corrected chi connectivity index (χ0v) is 13.0. The lowest BCUT2D eigenvalue weighted by atomic mass is 9.85. The molecule has 0 aliphatic carbocycles. The number of rotatable bonds is 2. The van der Waals surface area contributed by atoms with Gasteiger partial charge in [0, 0.05) is 11.6 Å². The molecule has 0 saturated carbocycles. The number of hydrogen-bond acceptors (Lipinski definition) is 2. The zero-order valence-electron chi connectivity index (χ0n) is 12.1. The van der Waals surface area contributed by atoms with Crippen molar-refractivity contribution in [2.24, 2.45) is 0 Å². The summed E-state index contributed by atoms with van der Waals surface area (Å²) in [7, 11) is -4.48. The molecule has 2 aliphatic heterocycles. The number of halogens is 1. The highest BCUT2D eigenvalue weighted by molar-refractivity contribution is 7.53. The molecule has 2 heterocycles. The SMILES string of the molecule is O=C1C(P(=O)(O)O)CC[C@H]2CCC[C@@H](c3ccccc3F)N12. The third-order valence-corrected chi connectivity index (χ3v) is 6.02. The molecule has 0 spiro atoms. The van der Waals surface area contributed by atoms with Crippen molar-refractivity contribution in [3.8, 4) is 0 Å². The van der Waals surface area contributed by atoms with E-state index in [2.05, 4.69) is 0 Å². The Morgan fingerprint density at radius 1 is 1.14 bits per heavy atom. The van der Waals surface area contributed by atoms with Gasteiger partial charge in [-0.3, -0.25) is 9.36 Å². The Bertz CT molecular complexity index is 632. The van der Waals surface area contributed by atoms with Crippen LogP contribution in [0, 0.1) is 5.82 Å². The Morgan fingerprint density at radius 2 is 1.86 bits per heavy atom. The lowest BCUT2D eigenvalue weighted by Gasteiger charge is -2.47. The molecule has 1 unspecified atom stereocenters. The molecule has 3 rings (SSSR count). The van der Waals surface area contributed by atoms with Gasteiger partial charge in [0.25, 0.3) is 0 Å². The average molecular weight is 327 g/mol. The quantitative estimate of drug-likeness (QED) is 0.819. The molecule has 1 aromatic carbocycles. The number of piperidine rings is 2. The van der Waals surface area contributed by atoms with Gasteiger partial charge in [0.15, 0.2) is 0 Å². The molecular weight excluding hydrogens is 308 g/mol. The third-order valence-electron chi connectivity index (χ3n) is 4.73. The molecule has 120 valence electrons. The summed E-state index contributed by atoms with van der Waals surface area (Å²) < 4.78 is 25.7. The van der Waals surface area contributed by atoms with Crippen LogP contribution in [0.15, 0.2) is 24.3 Å². The summed E-state index contributed by atoms with van der Waals surface area (Å²) in [6.45, 7) is 0. The molecule has 5 nitrogen and oxygen atoms in total. The maximum atomic E-state index is 14.1. The Labute approximate surface area is 128 Å². The van der Waals surface area contributed by atoms with E-state index in [4.69, 9.17) is 0 Å². The summed E-state index contributed by atoms with van der Waals surface area (Å²) in [5.41, 5.74) is -0.844. The second-order valence-corrected chi connectivity index (χ2v) is 7.85. The highest BCUT2D eigenvalue weighted by atomic mass is 31.2. The van der Waals surface area contributed by atoms with Gasteiger partial charge >= 0.3 is 7.60 Å². The van der Waals surface area contributed by atoms with E-state index >= 15 is 0 Å². The van der Waals surface area contributed by atoms with Gasteiger partial charge in [-0.2, -0.15) is 0 Å². The van der Waals surface area contributed by atoms with Crippen LogP contribution in [0.2, 0.25) is 0 Å². The van der Waals surface area contributed by atoms with Crippen LogP contribution in [-0.2, 0) is 9.36 Å². The van der Waals surface area contributed by atoms with Crippen LogP contribution >= 0.6 is 7.60 Å². The van der Waals surface area contributed by atoms with Crippen molar-refractivity contribution in [2.75, 3.05) is 0 Å². The Kier molecular flexibility index (Phi) is 4.10. The highest BCUT2D eigenvalue weighted by Gasteiger charge is 2.48. The number of benzene rings is 1. The lowest BCUT2D eigenvalue weighted by Crippen LogP contribution is -2.53. The van der Waals surface area contributed by atoms with Crippen molar-refractivity contribution in [3.63, 3.8) is 0 Å². The fourth-order valence-electron chi connectivity index (χ4n) is 3.70. The normalized spacial score (nSPS) is 29.3. The van der Waals surface area contributed by atoms with Gasteiger partial charge in [-0.05, 0) is 38.2 Å². The molecule has 2 N–H and O–H groups in total. The minimum atomic E-state index is -4.48. The predicted octanol–water partition coefficient (Wildman–Crippen LogP) is 2.59. The monoisotopic (exact) mass is 327 g/mol. The van der Waals surface area contributed by atoms with Crippen LogP contribution in [0.4, 0.5) is 4.39 Å². The van der Waals surface area contributed by atoms with Crippen molar-refractivity contribution in [2.45, 2.75) is 49.8 Å². The van der Waals surface area contributed by atoms with Gasteiger partial charge in [0.05, 0.1) is 6.04 Å². The molecule has 2 aliphatic rings. The van der Waals surface area contributed by atoms with E-state index in [0.717, 1.165) is 12.8 Å². The largest absolute Gasteiger partial charge is 0.337 e. The molecule has 0 bridgehead atoms. The molecule has 3 atom stereocenters. The van der Waals surface area contributed by atoms with E-state index in [9.17, 15) is 23.5 Å². The van der Waals surface area contributed by atoms with Gasteiger partial charge < -0.3 is 14.7 Å². The molecule has 22 heavy (non-hydrogen) atoms. The van der Waals surface area contributed by atoms with Crippen molar-refractivity contribution in [1.82, 2.24) is 4.90 Å². The van der Waals surface area contributed by atoms with E-state index in [1.54, 1.807) is 18.2 Å². The van der Waals surface area contributed by atoms with E-state index in [-0.39, 0.29) is 18.3 Å². The van der Waals surface area contributed by atoms with Crippen LogP contribution in [0.25, 0.3) is 0 Å². The van der Waals surface area contributed by atoms with E-state index in [1.165, 1.54) is 11.0 Å². The molecule has 0 aromatic heterocycles. The first-order valence-corrected chi connectivity index (χ1v) is 9.19. The zero-order chi connectivity index (χ0) is 15.9. The van der Waals surface area contributed by atoms with Gasteiger partial charge in [0.2, 0.25) is 5.91 Å². The third kappa shape index (κ3) is 2.71. The first kappa shape index (κ1) is 15.7. The molecule has 2 saturated heterocycles. The number of carbonyl (C=O) groups excluding carboxylic acids is 1. The molecule has 7 heteroatoms. The van der Waals surface area contributed by atoms with Crippen molar-refractivity contribution < 1.29 is 23.5 Å². The Hall–Kier alpha value is -1.23. The minimum Gasteiger partial charge on any atom is -0.332 e. The number of amides is 1. The van der Waals surface area contributed by atoms with E-state index in [1.807, 2.05) is 0 Å². The summed E-state index contributed by atoms with van der Waals surface area (Å²) in [4.78, 5) is 33.0. The number of carbonyl (C=O) groups is 1. The first-order valence-electron chi connectivity index (χ1n) is 7.51. The van der Waals surface area contributed by atoms with Crippen LogP contribution in [0.1, 0.15) is 43.7 Å². The van der Waals surface area contributed by atoms with Gasteiger partial charge in [-0.25, -0.2) is 4.39 Å². The average Bonchev–Trinajstić information content (AvgIpc) is 2.46. The Balaban J connectivity index is 1.97. The first-order chi connectivity index (χ1) is 10.4. The fourth-order valence-corrected chi connectivity index (χ4v) is 4.61. The number of nitrogens with zero attached hydrogens (tertiary/aromatic N) is 1. The second-order valence-electron chi connectivity index (χ2n) is 6.05. The van der Waals surface area contributed by atoms with Crippen LogP contribution in [0.5, 0.6) is 0 Å². The Morgan fingerprint density at radius 3 is 2.55 bits per heavy atom. The van der Waals surface area contributed by atoms with Gasteiger partial charge in [-0.15, -0.1) is 0 Å². The van der Waals surface area contributed by atoms with E-state index < -0.39 is 25.2 Å². The summed E-state index contributed by atoms with van der Waals surface area (Å²) in [5.74, 6) is -0.906. The molecule has 2 fully saturated rings. The van der Waals surface area contributed by atoms with Crippen molar-refractivity contribution >= 4 is 13.5 Å². The van der Waals surface area contributed by atoms with Crippen molar-refractivity contribution in [3.05, 3.63) is 35.6 Å². The van der Waals surface area contributed by atoms with Crippen LogP contribution in [0.3, 0.4) is 0 Å². The highest BCUT2D eigenvalue weighted by Crippen LogP contribution is 2.50. The van der Waals surface area contributed by atoms with Crippen LogP contribution in [-0.4, -0.2) is 32.3 Å². The van der Waals surface area contributed by atoms with Gasteiger partial charge in [-0.1, -0.05) is 18.2 Å². The maximum absolute atomic E-state index is 14.1. The standard InChI is InChI=1S/C15H19FNO4P/c16-12-6-2-1-5-11(12)13-7-3-4-10-8-9-14(22(19,20)21)15(18)17(10)13/h1-2,5-6,10,13-14H,3-4,7-9H2,(H2,19,20,21)/t10-,13+,14?/m1/s1. The van der Waals surface area contributed by atoms with E-state index in [0.29, 0.717) is 18.4 Å². The fraction of sp³-hybridized carbons (Fsp3) is 0.533. The summed E-state index contributed by atoms with van der Waals surface area (Å²) in [5, 5.41) is 0. The number of fused-ring (bicyclic) bond motifs is 1. The smallest absolute Gasteiger partial charge is 0.332 e. The minimum absolute atomic E-state index is 0.0475. The topological polar surface area (TPSA) is 77.8 Å². The lowest BCUT2D eigenvalue weighted by molar-refractivity contribution is -0.142. The van der Waals surface area contributed by atoms with Gasteiger partial charge in [0.1, 0.15) is 11.5 Å². The molecule has 0 radical (unpaired) electrons.